The highest BCUT2D eigenvalue weighted by molar-refractivity contribution is 5.93. The zero-order chi connectivity index (χ0) is 23.0. The minimum Gasteiger partial charge on any atom is -0.469 e. The van der Waals surface area contributed by atoms with E-state index in [1.807, 2.05) is 13.8 Å². The molecule has 0 aromatic carbocycles. The van der Waals surface area contributed by atoms with E-state index in [1.165, 1.54) is 7.11 Å². The molecule has 0 unspecified atom stereocenters. The van der Waals surface area contributed by atoms with Crippen LogP contribution in [0, 0.1) is 34.5 Å². The van der Waals surface area contributed by atoms with E-state index in [-0.39, 0.29) is 40.9 Å². The standard InChI is InChI=1S/C24H37NO6/c1-14-15(13-17(26)31-12-11-25-4)7-8-16-18(14)19(27)20(28)21-23(16,2)9-6-10-24(21,3)22(29)30-5/h13-14,16,18-19,21,25,27H,6-12H2,1-5H3/b15-13-/t14-,16-,18-,19+,21+,23+,24-/m0/s1. The van der Waals surface area contributed by atoms with Crippen LogP contribution in [0.15, 0.2) is 11.6 Å². The van der Waals surface area contributed by atoms with Gasteiger partial charge in [0.15, 0.2) is 5.78 Å². The number of likely N-dealkylation sites (N-methyl/N-ethyl adjacent to an activating group) is 1. The van der Waals surface area contributed by atoms with Gasteiger partial charge in [0.1, 0.15) is 12.7 Å². The average molecular weight is 436 g/mol. The van der Waals surface area contributed by atoms with Gasteiger partial charge < -0.3 is 19.9 Å². The Morgan fingerprint density at radius 3 is 2.65 bits per heavy atom. The molecule has 0 aromatic heterocycles. The second kappa shape index (κ2) is 9.02. The number of carbonyl (C=O) groups is 3. The summed E-state index contributed by atoms with van der Waals surface area (Å²) in [4.78, 5) is 38.5. The van der Waals surface area contributed by atoms with Gasteiger partial charge in [-0.2, -0.15) is 0 Å². The Balaban J connectivity index is 1.90. The molecule has 31 heavy (non-hydrogen) atoms. The number of fused-ring (bicyclic) bond motifs is 3. The van der Waals surface area contributed by atoms with Crippen LogP contribution in [0.4, 0.5) is 0 Å². The minimum absolute atomic E-state index is 0.0990. The Labute approximate surface area is 184 Å². The molecule has 7 heteroatoms. The molecule has 0 aliphatic heterocycles. The number of ketones is 1. The van der Waals surface area contributed by atoms with E-state index in [1.54, 1.807) is 13.1 Å². The lowest BCUT2D eigenvalue weighted by Gasteiger charge is -2.61. The molecule has 3 rings (SSSR count). The van der Waals surface area contributed by atoms with E-state index in [9.17, 15) is 19.5 Å². The lowest BCUT2D eigenvalue weighted by Crippen LogP contribution is -2.65. The molecule has 0 heterocycles. The van der Waals surface area contributed by atoms with E-state index in [0.29, 0.717) is 19.6 Å². The molecule has 0 aromatic rings. The summed E-state index contributed by atoms with van der Waals surface area (Å²) >= 11 is 0. The molecule has 3 aliphatic rings. The van der Waals surface area contributed by atoms with Crippen molar-refractivity contribution in [1.82, 2.24) is 5.32 Å². The van der Waals surface area contributed by atoms with Crippen LogP contribution in [-0.2, 0) is 23.9 Å². The molecule has 7 atom stereocenters. The maximum Gasteiger partial charge on any atom is 0.330 e. The summed E-state index contributed by atoms with van der Waals surface area (Å²) in [5, 5.41) is 14.1. The first-order chi connectivity index (χ1) is 14.6. The SMILES string of the molecule is CNCCOC(=O)/C=C1/CC[C@H]2[C@@H]([C@@H](O)C(=O)[C@@H]3[C@]2(C)CCC[C@]3(C)C(=O)OC)[C@H]1C. The molecular weight excluding hydrogens is 398 g/mol. The molecule has 0 radical (unpaired) electrons. The van der Waals surface area contributed by atoms with Crippen molar-refractivity contribution in [2.75, 3.05) is 27.3 Å². The fraction of sp³-hybridized carbons (Fsp3) is 0.792. The fourth-order valence-electron chi connectivity index (χ4n) is 6.96. The highest BCUT2D eigenvalue weighted by Gasteiger charge is 2.66. The topological polar surface area (TPSA) is 102 Å². The van der Waals surface area contributed by atoms with Gasteiger partial charge in [-0.15, -0.1) is 0 Å². The Hall–Kier alpha value is -1.73. The third kappa shape index (κ3) is 3.95. The number of aliphatic hydroxyl groups excluding tert-OH is 1. The van der Waals surface area contributed by atoms with Crippen LogP contribution < -0.4 is 5.32 Å². The number of carbonyl (C=O) groups excluding carboxylic acids is 3. The van der Waals surface area contributed by atoms with Gasteiger partial charge in [-0.3, -0.25) is 9.59 Å². The van der Waals surface area contributed by atoms with Gasteiger partial charge in [0, 0.05) is 24.5 Å². The van der Waals surface area contributed by atoms with Crippen molar-refractivity contribution in [2.24, 2.45) is 34.5 Å². The monoisotopic (exact) mass is 435 g/mol. The van der Waals surface area contributed by atoms with Crippen LogP contribution in [0.3, 0.4) is 0 Å². The summed E-state index contributed by atoms with van der Waals surface area (Å²) in [5.41, 5.74) is -0.368. The first-order valence-electron chi connectivity index (χ1n) is 11.4. The summed E-state index contributed by atoms with van der Waals surface area (Å²) in [6.45, 7) is 6.82. The summed E-state index contributed by atoms with van der Waals surface area (Å²) in [7, 11) is 3.16. The maximum absolute atomic E-state index is 13.5. The first kappa shape index (κ1) is 23.9. The quantitative estimate of drug-likeness (QED) is 0.388. The van der Waals surface area contributed by atoms with Gasteiger partial charge in [0.05, 0.1) is 12.5 Å². The molecule has 174 valence electrons. The molecule has 2 N–H and O–H groups in total. The minimum atomic E-state index is -1.15. The van der Waals surface area contributed by atoms with E-state index in [4.69, 9.17) is 9.47 Å². The number of allylic oxidation sites excluding steroid dienone is 1. The lowest BCUT2D eigenvalue weighted by molar-refractivity contribution is -0.193. The van der Waals surface area contributed by atoms with Crippen molar-refractivity contribution < 1.29 is 29.0 Å². The van der Waals surface area contributed by atoms with Crippen LogP contribution in [0.25, 0.3) is 0 Å². The number of Topliss-reactive ketones (excluding diaryl/α,β-unsaturated/α-hetero) is 1. The van der Waals surface area contributed by atoms with E-state index in [2.05, 4.69) is 12.2 Å². The normalized spacial score (nSPS) is 41.3. The van der Waals surface area contributed by atoms with E-state index < -0.39 is 17.4 Å². The maximum atomic E-state index is 13.5. The molecule has 7 nitrogen and oxygen atoms in total. The van der Waals surface area contributed by atoms with E-state index >= 15 is 0 Å². The van der Waals surface area contributed by atoms with Crippen LogP contribution in [0.1, 0.15) is 52.9 Å². The second-order valence-electron chi connectivity index (χ2n) is 10.1. The zero-order valence-electron chi connectivity index (χ0n) is 19.4. The summed E-state index contributed by atoms with van der Waals surface area (Å²) in [5.74, 6) is -1.83. The van der Waals surface area contributed by atoms with Crippen molar-refractivity contribution in [3.8, 4) is 0 Å². The Morgan fingerprint density at radius 2 is 2.00 bits per heavy atom. The fourth-order valence-corrected chi connectivity index (χ4v) is 6.96. The third-order valence-corrected chi connectivity index (χ3v) is 8.42. The number of ether oxygens (including phenoxy) is 2. The number of methoxy groups -OCH3 is 1. The Morgan fingerprint density at radius 1 is 1.29 bits per heavy atom. The van der Waals surface area contributed by atoms with Gasteiger partial charge in [0.25, 0.3) is 0 Å². The summed E-state index contributed by atoms with van der Waals surface area (Å²) in [6, 6.07) is 0. The largest absolute Gasteiger partial charge is 0.469 e. The average Bonchev–Trinajstić information content (AvgIpc) is 2.73. The van der Waals surface area contributed by atoms with Crippen molar-refractivity contribution in [2.45, 2.75) is 59.0 Å². The van der Waals surface area contributed by atoms with Crippen molar-refractivity contribution in [3.05, 3.63) is 11.6 Å². The summed E-state index contributed by atoms with van der Waals surface area (Å²) in [6.07, 6.45) is 4.18. The van der Waals surface area contributed by atoms with Gasteiger partial charge in [-0.1, -0.05) is 25.8 Å². The zero-order valence-corrected chi connectivity index (χ0v) is 19.4. The number of rotatable bonds is 5. The molecule has 3 saturated carbocycles. The number of esters is 2. The molecule has 0 amide bonds. The first-order valence-corrected chi connectivity index (χ1v) is 11.4. The predicted molar refractivity (Wildman–Crippen MR) is 115 cm³/mol. The Bertz CT molecular complexity index is 763. The third-order valence-electron chi connectivity index (χ3n) is 8.42. The van der Waals surface area contributed by atoms with Gasteiger partial charge >= 0.3 is 11.9 Å². The molecule has 0 spiro atoms. The van der Waals surface area contributed by atoms with Crippen molar-refractivity contribution >= 4 is 17.7 Å². The molecule has 3 aliphatic carbocycles. The highest BCUT2D eigenvalue weighted by Crippen LogP contribution is 2.64. The number of hydrogen-bond donors (Lipinski definition) is 2. The van der Waals surface area contributed by atoms with Gasteiger partial charge in [-0.05, 0) is 56.9 Å². The van der Waals surface area contributed by atoms with Crippen LogP contribution in [-0.4, -0.2) is 56.2 Å². The van der Waals surface area contributed by atoms with Crippen LogP contribution >= 0.6 is 0 Å². The number of aliphatic hydroxyl groups is 1. The molecule has 0 bridgehead atoms. The van der Waals surface area contributed by atoms with Crippen molar-refractivity contribution in [1.29, 1.82) is 0 Å². The van der Waals surface area contributed by atoms with Crippen LogP contribution in [0.2, 0.25) is 0 Å². The molecule has 3 fully saturated rings. The number of nitrogens with one attached hydrogen (secondary N) is 1. The van der Waals surface area contributed by atoms with Crippen LogP contribution in [0.5, 0.6) is 0 Å². The molecule has 0 saturated heterocycles. The summed E-state index contributed by atoms with van der Waals surface area (Å²) < 4.78 is 10.3. The lowest BCUT2D eigenvalue weighted by atomic mass is 9.42. The van der Waals surface area contributed by atoms with Gasteiger partial charge in [0.2, 0.25) is 0 Å². The smallest absolute Gasteiger partial charge is 0.330 e. The van der Waals surface area contributed by atoms with E-state index in [0.717, 1.165) is 31.3 Å². The Kier molecular flexibility index (Phi) is 6.96. The molecular formula is C24H37NO6. The number of hydrogen-bond acceptors (Lipinski definition) is 7. The van der Waals surface area contributed by atoms with Crippen molar-refractivity contribution in [3.63, 3.8) is 0 Å². The second-order valence-corrected chi connectivity index (χ2v) is 10.1. The van der Waals surface area contributed by atoms with Gasteiger partial charge in [-0.25, -0.2) is 4.79 Å². The highest BCUT2D eigenvalue weighted by atomic mass is 16.5. The predicted octanol–water partition coefficient (Wildman–Crippen LogP) is 2.27.